The molecule has 0 saturated heterocycles. The summed E-state index contributed by atoms with van der Waals surface area (Å²) in [6.07, 6.45) is 8.86. The van der Waals surface area contributed by atoms with Crippen LogP contribution in [0.4, 0.5) is 0 Å². The largest absolute Gasteiger partial charge is 0.395 e. The number of hydrogen-bond acceptors (Lipinski definition) is 3. The van der Waals surface area contributed by atoms with Gasteiger partial charge in [0.25, 0.3) is 0 Å². The molecule has 16 heavy (non-hydrogen) atoms. The third-order valence-electron chi connectivity index (χ3n) is 4.38. The molecule has 2 fully saturated rings. The topological polar surface area (TPSA) is 33.1 Å². The van der Waals surface area contributed by atoms with Crippen molar-refractivity contribution in [3.05, 3.63) is 16.1 Å². The highest BCUT2D eigenvalue weighted by atomic mass is 32.1. The molecular weight excluding hydrogens is 218 g/mol. The Labute approximate surface area is 101 Å². The van der Waals surface area contributed by atoms with E-state index in [9.17, 15) is 5.11 Å². The standard InChI is InChI=1S/C13H19NOS/c15-9-13(6-3-7-13)11-8-16-12(14-11)10-4-1-2-5-10/h8,10,15H,1-7,9H2. The molecule has 0 aliphatic heterocycles. The fraction of sp³-hybridized carbons (Fsp3) is 0.769. The van der Waals surface area contributed by atoms with Gasteiger partial charge < -0.3 is 5.11 Å². The molecule has 88 valence electrons. The maximum Gasteiger partial charge on any atom is 0.0959 e. The lowest BCUT2D eigenvalue weighted by Gasteiger charge is -2.38. The Kier molecular flexibility index (Phi) is 2.76. The van der Waals surface area contributed by atoms with E-state index in [0.717, 1.165) is 18.8 Å². The van der Waals surface area contributed by atoms with Crippen LogP contribution in [-0.2, 0) is 5.41 Å². The van der Waals surface area contributed by atoms with E-state index in [-0.39, 0.29) is 12.0 Å². The van der Waals surface area contributed by atoms with Crippen molar-refractivity contribution in [1.82, 2.24) is 4.98 Å². The summed E-state index contributed by atoms with van der Waals surface area (Å²) < 4.78 is 0. The normalized spacial score (nSPS) is 24.6. The Morgan fingerprint density at radius 1 is 1.31 bits per heavy atom. The highest BCUT2D eigenvalue weighted by molar-refractivity contribution is 7.09. The van der Waals surface area contributed by atoms with Gasteiger partial charge in [0.1, 0.15) is 0 Å². The molecule has 2 aliphatic rings. The second-order valence-corrected chi connectivity index (χ2v) is 6.23. The molecule has 0 unspecified atom stereocenters. The quantitative estimate of drug-likeness (QED) is 0.875. The molecule has 1 aromatic heterocycles. The predicted octanol–water partition coefficient (Wildman–Crippen LogP) is 3.21. The van der Waals surface area contributed by atoms with Crippen LogP contribution >= 0.6 is 11.3 Å². The summed E-state index contributed by atoms with van der Waals surface area (Å²) >= 11 is 1.82. The molecule has 2 saturated carbocycles. The van der Waals surface area contributed by atoms with Crippen LogP contribution in [0.15, 0.2) is 5.38 Å². The maximum atomic E-state index is 9.53. The van der Waals surface area contributed by atoms with E-state index in [4.69, 9.17) is 4.98 Å². The van der Waals surface area contributed by atoms with Crippen molar-refractivity contribution in [1.29, 1.82) is 0 Å². The Morgan fingerprint density at radius 3 is 2.62 bits per heavy atom. The number of thiazole rings is 1. The van der Waals surface area contributed by atoms with Gasteiger partial charge in [-0.05, 0) is 25.7 Å². The fourth-order valence-electron chi connectivity index (χ4n) is 2.99. The van der Waals surface area contributed by atoms with Gasteiger partial charge in [0, 0.05) is 16.7 Å². The van der Waals surface area contributed by atoms with Gasteiger partial charge in [-0.1, -0.05) is 19.3 Å². The average molecular weight is 237 g/mol. The van der Waals surface area contributed by atoms with Crippen LogP contribution in [0.3, 0.4) is 0 Å². The first-order valence-electron chi connectivity index (χ1n) is 6.41. The molecule has 3 heteroatoms. The summed E-state index contributed by atoms with van der Waals surface area (Å²) in [5, 5.41) is 13.1. The Bertz CT molecular complexity index is 358. The van der Waals surface area contributed by atoms with Crippen LogP contribution in [0.25, 0.3) is 0 Å². The van der Waals surface area contributed by atoms with E-state index in [1.165, 1.54) is 42.8 Å². The second-order valence-electron chi connectivity index (χ2n) is 5.34. The summed E-state index contributed by atoms with van der Waals surface area (Å²) in [4.78, 5) is 4.82. The molecule has 2 aliphatic carbocycles. The number of hydrogen-bond donors (Lipinski definition) is 1. The number of aromatic nitrogens is 1. The SMILES string of the molecule is OCC1(c2csc(C3CCCC3)n2)CCC1. The number of aliphatic hydroxyl groups excluding tert-OH is 1. The predicted molar refractivity (Wildman–Crippen MR) is 65.9 cm³/mol. The lowest BCUT2D eigenvalue weighted by Crippen LogP contribution is -2.38. The molecular formula is C13H19NOS. The van der Waals surface area contributed by atoms with Gasteiger partial charge in [0.05, 0.1) is 17.3 Å². The molecule has 1 aromatic rings. The van der Waals surface area contributed by atoms with Gasteiger partial charge in [0.15, 0.2) is 0 Å². The van der Waals surface area contributed by atoms with E-state index in [2.05, 4.69) is 5.38 Å². The van der Waals surface area contributed by atoms with Crippen LogP contribution in [-0.4, -0.2) is 16.7 Å². The monoisotopic (exact) mass is 237 g/mol. The van der Waals surface area contributed by atoms with E-state index < -0.39 is 0 Å². The van der Waals surface area contributed by atoms with E-state index in [1.807, 2.05) is 11.3 Å². The number of aliphatic hydroxyl groups is 1. The Hall–Kier alpha value is -0.410. The van der Waals surface area contributed by atoms with Crippen molar-refractivity contribution in [3.63, 3.8) is 0 Å². The van der Waals surface area contributed by atoms with Gasteiger partial charge >= 0.3 is 0 Å². The first kappa shape index (κ1) is 10.7. The number of rotatable bonds is 3. The van der Waals surface area contributed by atoms with Crippen molar-refractivity contribution in [3.8, 4) is 0 Å². The lowest BCUT2D eigenvalue weighted by molar-refractivity contribution is 0.117. The molecule has 0 radical (unpaired) electrons. The van der Waals surface area contributed by atoms with Crippen LogP contribution in [0.1, 0.15) is 61.6 Å². The zero-order valence-electron chi connectivity index (χ0n) is 9.61. The molecule has 0 aromatic carbocycles. The molecule has 0 atom stereocenters. The third kappa shape index (κ3) is 1.61. The number of nitrogens with zero attached hydrogens (tertiary/aromatic N) is 1. The minimum Gasteiger partial charge on any atom is -0.395 e. The lowest BCUT2D eigenvalue weighted by atomic mass is 9.67. The third-order valence-corrected chi connectivity index (χ3v) is 5.39. The first-order chi connectivity index (χ1) is 7.84. The van der Waals surface area contributed by atoms with Crippen molar-refractivity contribution < 1.29 is 5.11 Å². The molecule has 1 heterocycles. The van der Waals surface area contributed by atoms with E-state index >= 15 is 0 Å². The van der Waals surface area contributed by atoms with Crippen molar-refractivity contribution in [2.75, 3.05) is 6.61 Å². The van der Waals surface area contributed by atoms with Crippen LogP contribution in [0, 0.1) is 0 Å². The van der Waals surface area contributed by atoms with Crippen molar-refractivity contribution in [2.45, 2.75) is 56.3 Å². The van der Waals surface area contributed by atoms with Crippen LogP contribution < -0.4 is 0 Å². The van der Waals surface area contributed by atoms with E-state index in [0.29, 0.717) is 0 Å². The van der Waals surface area contributed by atoms with Crippen molar-refractivity contribution in [2.24, 2.45) is 0 Å². The summed E-state index contributed by atoms with van der Waals surface area (Å²) in [5.41, 5.74) is 1.21. The maximum absolute atomic E-state index is 9.53. The van der Waals surface area contributed by atoms with Gasteiger partial charge in [-0.25, -0.2) is 4.98 Å². The first-order valence-corrected chi connectivity index (χ1v) is 7.29. The highest BCUT2D eigenvalue weighted by Gasteiger charge is 2.40. The molecule has 0 amide bonds. The van der Waals surface area contributed by atoms with Gasteiger partial charge in [-0.3, -0.25) is 0 Å². The van der Waals surface area contributed by atoms with Gasteiger partial charge in [-0.15, -0.1) is 11.3 Å². The summed E-state index contributed by atoms with van der Waals surface area (Å²) in [5.74, 6) is 0.717. The fourth-order valence-corrected chi connectivity index (χ4v) is 4.10. The highest BCUT2D eigenvalue weighted by Crippen LogP contribution is 2.45. The second kappa shape index (κ2) is 4.11. The summed E-state index contributed by atoms with van der Waals surface area (Å²) in [7, 11) is 0. The molecule has 2 nitrogen and oxygen atoms in total. The average Bonchev–Trinajstić information content (AvgIpc) is 2.86. The van der Waals surface area contributed by atoms with Crippen molar-refractivity contribution >= 4 is 11.3 Å². The molecule has 3 rings (SSSR count). The zero-order valence-corrected chi connectivity index (χ0v) is 10.4. The molecule has 1 N–H and O–H groups in total. The smallest absolute Gasteiger partial charge is 0.0959 e. The van der Waals surface area contributed by atoms with Gasteiger partial charge in [-0.2, -0.15) is 0 Å². The van der Waals surface area contributed by atoms with Crippen LogP contribution in [0.2, 0.25) is 0 Å². The Balaban J connectivity index is 1.81. The molecule has 0 bridgehead atoms. The van der Waals surface area contributed by atoms with Gasteiger partial charge in [0.2, 0.25) is 0 Å². The summed E-state index contributed by atoms with van der Waals surface area (Å²) in [6, 6.07) is 0. The van der Waals surface area contributed by atoms with E-state index in [1.54, 1.807) is 0 Å². The minimum atomic E-state index is 0.0351. The minimum absolute atomic E-state index is 0.0351. The van der Waals surface area contributed by atoms with Crippen LogP contribution in [0.5, 0.6) is 0 Å². The zero-order chi connectivity index (χ0) is 11.0. The summed E-state index contributed by atoms with van der Waals surface area (Å²) in [6.45, 7) is 0.279. The Morgan fingerprint density at radius 2 is 2.06 bits per heavy atom. The molecule has 0 spiro atoms.